The maximum Gasteiger partial charge on any atom is 0.416 e. The SMILES string of the molecule is CC(C)(C)OC(=O)N1CC(c2ccc(C(F)(F)F)cc2)C[C@H]1CO. The summed E-state index contributed by atoms with van der Waals surface area (Å²) < 4.78 is 43.2. The van der Waals surface area contributed by atoms with Crippen molar-refractivity contribution in [3.63, 3.8) is 0 Å². The molecule has 1 fully saturated rings. The lowest BCUT2D eigenvalue weighted by molar-refractivity contribution is -0.137. The smallest absolute Gasteiger partial charge is 0.416 e. The lowest BCUT2D eigenvalue weighted by atomic mass is 9.95. The van der Waals surface area contributed by atoms with Gasteiger partial charge < -0.3 is 14.7 Å². The second kappa shape index (κ2) is 6.63. The van der Waals surface area contributed by atoms with Crippen molar-refractivity contribution in [1.29, 1.82) is 0 Å². The van der Waals surface area contributed by atoms with Gasteiger partial charge in [0, 0.05) is 12.5 Å². The van der Waals surface area contributed by atoms with Crippen LogP contribution < -0.4 is 0 Å². The minimum atomic E-state index is -4.37. The molecule has 0 aliphatic carbocycles. The maximum absolute atomic E-state index is 12.6. The predicted octanol–water partition coefficient (Wildman–Crippen LogP) is 3.79. The molecule has 7 heteroatoms. The Morgan fingerprint density at radius 1 is 1.25 bits per heavy atom. The van der Waals surface area contributed by atoms with Crippen LogP contribution >= 0.6 is 0 Å². The van der Waals surface area contributed by atoms with Crippen molar-refractivity contribution in [3.8, 4) is 0 Å². The first-order chi connectivity index (χ1) is 11.0. The second-order valence-corrected chi connectivity index (χ2v) is 7.02. The number of amides is 1. The second-order valence-electron chi connectivity index (χ2n) is 7.02. The number of alkyl halides is 3. The van der Waals surface area contributed by atoms with Crippen molar-refractivity contribution in [3.05, 3.63) is 35.4 Å². The molecule has 1 aromatic carbocycles. The number of carbonyl (C=O) groups is 1. The van der Waals surface area contributed by atoms with Crippen molar-refractivity contribution in [2.45, 2.75) is 50.9 Å². The highest BCUT2D eigenvalue weighted by Crippen LogP contribution is 2.35. The lowest BCUT2D eigenvalue weighted by Crippen LogP contribution is -2.41. The molecule has 1 amide bonds. The van der Waals surface area contributed by atoms with E-state index in [9.17, 15) is 23.1 Å². The van der Waals surface area contributed by atoms with Crippen LogP contribution in [-0.4, -0.2) is 40.9 Å². The van der Waals surface area contributed by atoms with Crippen LogP contribution in [0.3, 0.4) is 0 Å². The van der Waals surface area contributed by atoms with Crippen LogP contribution in [-0.2, 0) is 10.9 Å². The molecule has 134 valence electrons. The van der Waals surface area contributed by atoms with E-state index in [0.717, 1.165) is 12.1 Å². The molecule has 0 aromatic heterocycles. The van der Waals surface area contributed by atoms with Crippen LogP contribution in [0.15, 0.2) is 24.3 Å². The zero-order valence-electron chi connectivity index (χ0n) is 13.9. The molecule has 1 N–H and O–H groups in total. The Morgan fingerprint density at radius 3 is 2.29 bits per heavy atom. The molecular weight excluding hydrogens is 323 g/mol. The Balaban J connectivity index is 2.12. The number of rotatable bonds is 2. The van der Waals surface area contributed by atoms with Gasteiger partial charge in [-0.1, -0.05) is 12.1 Å². The van der Waals surface area contributed by atoms with Crippen molar-refractivity contribution in [2.24, 2.45) is 0 Å². The third-order valence-electron chi connectivity index (χ3n) is 3.96. The lowest BCUT2D eigenvalue weighted by Gasteiger charge is -2.27. The van der Waals surface area contributed by atoms with Gasteiger partial charge in [0.25, 0.3) is 0 Å². The van der Waals surface area contributed by atoms with Crippen molar-refractivity contribution < 1.29 is 27.8 Å². The summed E-state index contributed by atoms with van der Waals surface area (Å²) >= 11 is 0. The fraction of sp³-hybridized carbons (Fsp3) is 0.588. The van der Waals surface area contributed by atoms with E-state index < -0.39 is 29.5 Å². The fourth-order valence-corrected chi connectivity index (χ4v) is 2.82. The van der Waals surface area contributed by atoms with Gasteiger partial charge in [-0.25, -0.2) is 4.79 Å². The highest BCUT2D eigenvalue weighted by atomic mass is 19.4. The van der Waals surface area contributed by atoms with Crippen LogP contribution in [0.2, 0.25) is 0 Å². The summed E-state index contributed by atoms with van der Waals surface area (Å²) in [6.07, 6.45) is -4.40. The van der Waals surface area contributed by atoms with Crippen LogP contribution in [0.25, 0.3) is 0 Å². The van der Waals surface area contributed by atoms with Gasteiger partial charge in [-0.15, -0.1) is 0 Å². The summed E-state index contributed by atoms with van der Waals surface area (Å²) in [4.78, 5) is 13.7. The number of hydrogen-bond acceptors (Lipinski definition) is 3. The monoisotopic (exact) mass is 345 g/mol. The molecule has 1 unspecified atom stereocenters. The molecule has 2 atom stereocenters. The Kier molecular flexibility index (Phi) is 5.13. The highest BCUT2D eigenvalue weighted by molar-refractivity contribution is 5.69. The third kappa shape index (κ3) is 4.41. The van der Waals surface area contributed by atoms with Gasteiger partial charge in [0.05, 0.1) is 18.2 Å². The van der Waals surface area contributed by atoms with Gasteiger partial charge in [-0.3, -0.25) is 0 Å². The number of hydrogen-bond donors (Lipinski definition) is 1. The van der Waals surface area contributed by atoms with Gasteiger partial charge in [-0.05, 0) is 44.9 Å². The fourth-order valence-electron chi connectivity index (χ4n) is 2.82. The van der Waals surface area contributed by atoms with Gasteiger partial charge in [0.15, 0.2) is 0 Å². The molecule has 1 aromatic rings. The van der Waals surface area contributed by atoms with E-state index in [0.29, 0.717) is 18.5 Å². The van der Waals surface area contributed by atoms with E-state index >= 15 is 0 Å². The van der Waals surface area contributed by atoms with Gasteiger partial charge >= 0.3 is 12.3 Å². The van der Waals surface area contributed by atoms with E-state index in [-0.39, 0.29) is 12.5 Å². The summed E-state index contributed by atoms with van der Waals surface area (Å²) in [5.74, 6) is -0.128. The van der Waals surface area contributed by atoms with Crippen LogP contribution in [0.5, 0.6) is 0 Å². The quantitative estimate of drug-likeness (QED) is 0.887. The summed E-state index contributed by atoms with van der Waals surface area (Å²) in [6, 6.07) is 4.55. The van der Waals surface area contributed by atoms with E-state index in [2.05, 4.69) is 0 Å². The number of nitrogens with zero attached hydrogens (tertiary/aromatic N) is 1. The molecule has 2 rings (SSSR count). The predicted molar refractivity (Wildman–Crippen MR) is 82.6 cm³/mol. The largest absolute Gasteiger partial charge is 0.444 e. The Morgan fingerprint density at radius 2 is 1.83 bits per heavy atom. The first kappa shape index (κ1) is 18.6. The van der Waals surface area contributed by atoms with Gasteiger partial charge in [-0.2, -0.15) is 13.2 Å². The van der Waals surface area contributed by atoms with E-state index in [1.165, 1.54) is 17.0 Å². The first-order valence-electron chi connectivity index (χ1n) is 7.79. The van der Waals surface area contributed by atoms with Crippen molar-refractivity contribution in [1.82, 2.24) is 4.90 Å². The average Bonchev–Trinajstić information content (AvgIpc) is 2.89. The van der Waals surface area contributed by atoms with E-state index in [1.807, 2.05) is 0 Å². The van der Waals surface area contributed by atoms with Crippen molar-refractivity contribution >= 4 is 6.09 Å². The average molecular weight is 345 g/mol. The van der Waals surface area contributed by atoms with Crippen LogP contribution in [0, 0.1) is 0 Å². The molecule has 0 saturated carbocycles. The molecule has 4 nitrogen and oxygen atoms in total. The minimum absolute atomic E-state index is 0.128. The molecule has 1 aliphatic rings. The van der Waals surface area contributed by atoms with Crippen LogP contribution in [0.4, 0.5) is 18.0 Å². The van der Waals surface area contributed by atoms with Gasteiger partial charge in [0.2, 0.25) is 0 Å². The number of aliphatic hydroxyl groups excluding tert-OH is 1. The molecule has 0 radical (unpaired) electrons. The summed E-state index contributed by atoms with van der Waals surface area (Å²) in [5.41, 5.74) is -0.636. The molecule has 1 heterocycles. The standard InChI is InChI=1S/C17H22F3NO3/c1-16(2,3)24-15(23)21-9-12(8-14(21)10-22)11-4-6-13(7-5-11)17(18,19)20/h4-7,12,14,22H,8-10H2,1-3H3/t12?,14-/m0/s1. The molecule has 0 spiro atoms. The molecule has 1 saturated heterocycles. The molecule has 24 heavy (non-hydrogen) atoms. The highest BCUT2D eigenvalue weighted by Gasteiger charge is 2.38. The van der Waals surface area contributed by atoms with Crippen LogP contribution in [0.1, 0.15) is 44.2 Å². The first-order valence-corrected chi connectivity index (χ1v) is 7.79. The Hall–Kier alpha value is -1.76. The summed E-state index contributed by atoms with van der Waals surface area (Å²) in [5, 5.41) is 9.50. The normalized spacial score (nSPS) is 21.9. The zero-order valence-corrected chi connectivity index (χ0v) is 13.9. The van der Waals surface area contributed by atoms with Gasteiger partial charge in [0.1, 0.15) is 5.60 Å². The number of halogens is 3. The number of carbonyl (C=O) groups excluding carboxylic acids is 1. The number of ether oxygens (including phenoxy) is 1. The zero-order chi connectivity index (χ0) is 18.1. The minimum Gasteiger partial charge on any atom is -0.444 e. The summed E-state index contributed by atoms with van der Waals surface area (Å²) in [7, 11) is 0. The summed E-state index contributed by atoms with van der Waals surface area (Å²) in [6.45, 7) is 5.36. The number of benzene rings is 1. The Bertz CT molecular complexity index is 578. The maximum atomic E-state index is 12.6. The molecular formula is C17H22F3NO3. The van der Waals surface area contributed by atoms with E-state index in [4.69, 9.17) is 4.74 Å². The third-order valence-corrected chi connectivity index (χ3v) is 3.96. The topological polar surface area (TPSA) is 49.8 Å². The van der Waals surface area contributed by atoms with E-state index in [1.54, 1.807) is 20.8 Å². The van der Waals surface area contributed by atoms with Crippen molar-refractivity contribution in [2.75, 3.05) is 13.2 Å². The number of likely N-dealkylation sites (tertiary alicyclic amines) is 1. The molecule has 0 bridgehead atoms. The molecule has 1 aliphatic heterocycles. The Labute approximate surface area is 139 Å². The number of aliphatic hydroxyl groups is 1.